The topological polar surface area (TPSA) is 75.4 Å². The molecule has 0 radical (unpaired) electrons. The van der Waals surface area contributed by atoms with Crippen molar-refractivity contribution in [1.29, 1.82) is 0 Å². The van der Waals surface area contributed by atoms with Crippen molar-refractivity contribution in [1.82, 2.24) is 5.32 Å². The molecule has 0 spiro atoms. The molecule has 1 aromatic rings. The second kappa shape index (κ2) is 3.86. The highest BCUT2D eigenvalue weighted by atomic mass is 16.6. The zero-order valence-electron chi connectivity index (χ0n) is 8.14. The molecule has 0 amide bonds. The van der Waals surface area contributed by atoms with E-state index in [1.807, 2.05) is 0 Å². The molecule has 1 aliphatic rings. The Hall–Kier alpha value is -1.62. The number of aromatic hydroxyl groups is 1. The van der Waals surface area contributed by atoms with Crippen LogP contribution in [-0.2, 0) is 6.54 Å². The van der Waals surface area contributed by atoms with Gasteiger partial charge in [-0.1, -0.05) is 6.07 Å². The number of phenolic OH excluding ortho intramolecular Hbond substituents is 1. The minimum Gasteiger partial charge on any atom is -0.502 e. The normalized spacial score (nSPS) is 15.2. The van der Waals surface area contributed by atoms with Gasteiger partial charge in [0.15, 0.2) is 5.75 Å². The molecule has 0 aromatic heterocycles. The van der Waals surface area contributed by atoms with Crippen LogP contribution in [0, 0.1) is 10.1 Å². The number of rotatable bonds is 4. The van der Waals surface area contributed by atoms with E-state index in [1.165, 1.54) is 25.0 Å². The molecule has 0 aliphatic heterocycles. The van der Waals surface area contributed by atoms with Crippen LogP contribution in [0.2, 0.25) is 0 Å². The number of nitrogens with zero attached hydrogens (tertiary/aromatic N) is 1. The molecule has 5 heteroatoms. The van der Waals surface area contributed by atoms with E-state index in [9.17, 15) is 15.2 Å². The van der Waals surface area contributed by atoms with Crippen molar-refractivity contribution in [2.75, 3.05) is 0 Å². The summed E-state index contributed by atoms with van der Waals surface area (Å²) in [7, 11) is 0. The minimum atomic E-state index is -0.590. The molecule has 0 unspecified atom stereocenters. The van der Waals surface area contributed by atoms with Gasteiger partial charge in [-0.05, 0) is 24.5 Å². The van der Waals surface area contributed by atoms with Gasteiger partial charge in [0.2, 0.25) is 0 Å². The first-order valence-corrected chi connectivity index (χ1v) is 4.86. The fourth-order valence-corrected chi connectivity index (χ4v) is 1.38. The summed E-state index contributed by atoms with van der Waals surface area (Å²) in [5.74, 6) is -0.268. The third-order valence-corrected chi connectivity index (χ3v) is 2.41. The van der Waals surface area contributed by atoms with Crippen LogP contribution in [0.15, 0.2) is 18.2 Å². The Morgan fingerprint density at radius 1 is 1.53 bits per heavy atom. The fraction of sp³-hybridized carbons (Fsp3) is 0.400. The summed E-state index contributed by atoms with van der Waals surface area (Å²) in [5, 5.41) is 23.1. The van der Waals surface area contributed by atoms with E-state index < -0.39 is 4.92 Å². The number of hydrogen-bond acceptors (Lipinski definition) is 4. The molecule has 0 saturated heterocycles. The van der Waals surface area contributed by atoms with E-state index in [4.69, 9.17) is 0 Å². The van der Waals surface area contributed by atoms with Crippen LogP contribution in [0.3, 0.4) is 0 Å². The van der Waals surface area contributed by atoms with E-state index in [2.05, 4.69) is 5.32 Å². The van der Waals surface area contributed by atoms with Gasteiger partial charge in [0.1, 0.15) is 0 Å². The van der Waals surface area contributed by atoms with Crippen LogP contribution in [0.25, 0.3) is 0 Å². The Labute approximate surface area is 86.9 Å². The molecule has 5 nitrogen and oxygen atoms in total. The van der Waals surface area contributed by atoms with Gasteiger partial charge >= 0.3 is 5.69 Å². The highest BCUT2D eigenvalue weighted by Gasteiger charge is 2.20. The van der Waals surface area contributed by atoms with E-state index in [1.54, 1.807) is 6.07 Å². The Balaban J connectivity index is 2.06. The quantitative estimate of drug-likeness (QED) is 0.581. The summed E-state index contributed by atoms with van der Waals surface area (Å²) in [6, 6.07) is 5.02. The monoisotopic (exact) mass is 208 g/mol. The molecule has 2 N–H and O–H groups in total. The average molecular weight is 208 g/mol. The molecule has 0 heterocycles. The molecule has 1 aliphatic carbocycles. The number of benzene rings is 1. The lowest BCUT2D eigenvalue weighted by molar-refractivity contribution is -0.385. The number of hydrogen-bond donors (Lipinski definition) is 2. The van der Waals surface area contributed by atoms with Gasteiger partial charge in [-0.3, -0.25) is 10.1 Å². The minimum absolute atomic E-state index is 0.245. The van der Waals surface area contributed by atoms with Crippen LogP contribution >= 0.6 is 0 Å². The predicted molar refractivity (Wildman–Crippen MR) is 54.6 cm³/mol. The average Bonchev–Trinajstić information content (AvgIpc) is 2.97. The van der Waals surface area contributed by atoms with Crippen molar-refractivity contribution >= 4 is 5.69 Å². The molecule has 1 fully saturated rings. The number of nitro groups is 1. The molecule has 0 atom stereocenters. The first-order valence-electron chi connectivity index (χ1n) is 4.86. The second-order valence-corrected chi connectivity index (χ2v) is 3.74. The van der Waals surface area contributed by atoms with Crippen LogP contribution in [0.1, 0.15) is 18.4 Å². The van der Waals surface area contributed by atoms with Crippen molar-refractivity contribution in [3.8, 4) is 5.75 Å². The summed E-state index contributed by atoms with van der Waals surface area (Å²) in [6.45, 7) is 0.649. The third-order valence-electron chi connectivity index (χ3n) is 2.41. The molecule has 2 rings (SSSR count). The van der Waals surface area contributed by atoms with Gasteiger partial charge < -0.3 is 10.4 Å². The fourth-order valence-electron chi connectivity index (χ4n) is 1.38. The van der Waals surface area contributed by atoms with E-state index in [-0.39, 0.29) is 11.4 Å². The maximum Gasteiger partial charge on any atom is 0.310 e. The van der Waals surface area contributed by atoms with E-state index >= 15 is 0 Å². The molecule has 1 saturated carbocycles. The predicted octanol–water partition coefficient (Wildman–Crippen LogP) is 1.55. The van der Waals surface area contributed by atoms with Crippen LogP contribution in [0.5, 0.6) is 5.75 Å². The van der Waals surface area contributed by atoms with Crippen molar-refractivity contribution in [3.05, 3.63) is 33.9 Å². The molecule has 15 heavy (non-hydrogen) atoms. The van der Waals surface area contributed by atoms with Gasteiger partial charge in [-0.2, -0.15) is 0 Å². The van der Waals surface area contributed by atoms with Gasteiger partial charge in [0.25, 0.3) is 0 Å². The smallest absolute Gasteiger partial charge is 0.310 e. The largest absolute Gasteiger partial charge is 0.502 e. The summed E-state index contributed by atoms with van der Waals surface area (Å²) in [4.78, 5) is 9.85. The van der Waals surface area contributed by atoms with Crippen LogP contribution in [-0.4, -0.2) is 16.1 Å². The zero-order chi connectivity index (χ0) is 10.8. The van der Waals surface area contributed by atoms with Crippen molar-refractivity contribution in [2.45, 2.75) is 25.4 Å². The summed E-state index contributed by atoms with van der Waals surface area (Å²) in [5.41, 5.74) is 0.621. The Morgan fingerprint density at radius 2 is 2.27 bits per heavy atom. The molecular weight excluding hydrogens is 196 g/mol. The molecule has 80 valence electrons. The van der Waals surface area contributed by atoms with Gasteiger partial charge in [0, 0.05) is 18.7 Å². The maximum atomic E-state index is 10.4. The van der Waals surface area contributed by atoms with Crippen molar-refractivity contribution in [2.24, 2.45) is 0 Å². The first kappa shape index (κ1) is 9.92. The molecule has 1 aromatic carbocycles. The lowest BCUT2D eigenvalue weighted by Crippen LogP contribution is -2.15. The van der Waals surface area contributed by atoms with Crippen molar-refractivity contribution in [3.63, 3.8) is 0 Å². The van der Waals surface area contributed by atoms with Crippen molar-refractivity contribution < 1.29 is 10.0 Å². The van der Waals surface area contributed by atoms with Gasteiger partial charge in [-0.25, -0.2) is 0 Å². The zero-order valence-corrected chi connectivity index (χ0v) is 8.14. The first-order chi connectivity index (χ1) is 7.16. The van der Waals surface area contributed by atoms with Crippen LogP contribution < -0.4 is 5.32 Å². The number of nitrogens with one attached hydrogen (secondary N) is 1. The Bertz CT molecular complexity index is 388. The highest BCUT2D eigenvalue weighted by Crippen LogP contribution is 2.26. The highest BCUT2D eigenvalue weighted by molar-refractivity contribution is 5.47. The summed E-state index contributed by atoms with van der Waals surface area (Å²) >= 11 is 0. The third kappa shape index (κ3) is 2.44. The Kier molecular flexibility index (Phi) is 2.55. The standard InChI is InChI=1S/C10H12N2O3/c13-10-5-7(6-11-8-2-3-8)1-4-9(10)12(14)15/h1,4-5,8,11,13H,2-3,6H2. The lowest BCUT2D eigenvalue weighted by atomic mass is 10.2. The number of nitro benzene ring substituents is 1. The summed E-state index contributed by atoms with van der Waals surface area (Å²) < 4.78 is 0. The molecule has 0 bridgehead atoms. The molecular formula is C10H12N2O3. The van der Waals surface area contributed by atoms with E-state index in [0.29, 0.717) is 12.6 Å². The van der Waals surface area contributed by atoms with E-state index in [0.717, 1.165) is 5.56 Å². The van der Waals surface area contributed by atoms with Crippen LogP contribution in [0.4, 0.5) is 5.69 Å². The maximum absolute atomic E-state index is 10.4. The SMILES string of the molecule is O=[N+]([O-])c1ccc(CNC2CC2)cc1O. The van der Waals surface area contributed by atoms with Gasteiger partial charge in [-0.15, -0.1) is 0 Å². The lowest BCUT2D eigenvalue weighted by Gasteiger charge is -2.03. The van der Waals surface area contributed by atoms with Gasteiger partial charge in [0.05, 0.1) is 4.92 Å². The second-order valence-electron chi connectivity index (χ2n) is 3.74. The Morgan fingerprint density at radius 3 is 2.80 bits per heavy atom. The number of phenols is 1. The summed E-state index contributed by atoms with van der Waals surface area (Å²) in [6.07, 6.45) is 2.39.